The number of esters is 1. The predicted octanol–water partition coefficient (Wildman–Crippen LogP) is 1.87. The minimum Gasteiger partial charge on any atom is -0.469 e. The maximum Gasteiger partial charge on any atom is 0.309 e. The summed E-state index contributed by atoms with van der Waals surface area (Å²) >= 11 is 0. The van der Waals surface area contributed by atoms with Crippen LogP contribution >= 0.6 is 0 Å². The highest BCUT2D eigenvalue weighted by molar-refractivity contribution is 7.92. The highest BCUT2D eigenvalue weighted by Gasteiger charge is 2.31. The molecule has 0 spiro atoms. The van der Waals surface area contributed by atoms with E-state index in [-0.39, 0.29) is 18.4 Å². The van der Waals surface area contributed by atoms with Gasteiger partial charge < -0.3 is 4.74 Å². The zero-order chi connectivity index (χ0) is 15.3. The number of sulfonamides is 1. The molecule has 0 aliphatic carbocycles. The Kier molecular flexibility index (Phi) is 5.14. The van der Waals surface area contributed by atoms with E-state index in [0.717, 1.165) is 5.56 Å². The SMILES string of the molecule is COC(=O)C1CCCN(S(=O)(=O)/C=C/c2ccccc2)C1. The normalized spacial score (nSPS) is 20.5. The summed E-state index contributed by atoms with van der Waals surface area (Å²) in [6.07, 6.45) is 2.90. The molecule has 0 amide bonds. The minimum atomic E-state index is -3.51. The third kappa shape index (κ3) is 4.15. The number of rotatable bonds is 4. The number of methoxy groups -OCH3 is 1. The van der Waals surface area contributed by atoms with Crippen molar-refractivity contribution >= 4 is 22.1 Å². The molecule has 114 valence electrons. The Morgan fingerprint density at radius 3 is 2.71 bits per heavy atom. The molecule has 1 aliphatic rings. The van der Waals surface area contributed by atoms with Gasteiger partial charge in [0.1, 0.15) is 0 Å². The van der Waals surface area contributed by atoms with Crippen molar-refractivity contribution in [2.45, 2.75) is 12.8 Å². The molecule has 0 saturated carbocycles. The van der Waals surface area contributed by atoms with Gasteiger partial charge in [0.2, 0.25) is 10.0 Å². The van der Waals surface area contributed by atoms with Gasteiger partial charge in [0.15, 0.2) is 0 Å². The number of ether oxygens (including phenoxy) is 1. The second kappa shape index (κ2) is 6.87. The van der Waals surface area contributed by atoms with E-state index in [0.29, 0.717) is 19.4 Å². The molecule has 1 unspecified atom stereocenters. The van der Waals surface area contributed by atoms with E-state index in [1.165, 1.54) is 16.8 Å². The summed E-state index contributed by atoms with van der Waals surface area (Å²) in [6, 6.07) is 9.23. The van der Waals surface area contributed by atoms with E-state index in [1.54, 1.807) is 6.08 Å². The molecule has 1 atom stereocenters. The molecule has 1 aromatic carbocycles. The fourth-order valence-corrected chi connectivity index (χ4v) is 3.62. The summed E-state index contributed by atoms with van der Waals surface area (Å²) in [5.74, 6) is -0.717. The molecule has 0 radical (unpaired) electrons. The molecule has 1 saturated heterocycles. The molecule has 2 rings (SSSR count). The molecule has 1 aromatic rings. The third-order valence-electron chi connectivity index (χ3n) is 3.51. The zero-order valence-corrected chi connectivity index (χ0v) is 12.8. The van der Waals surface area contributed by atoms with Crippen molar-refractivity contribution < 1.29 is 17.9 Å². The van der Waals surface area contributed by atoms with Crippen LogP contribution in [0.15, 0.2) is 35.7 Å². The van der Waals surface area contributed by atoms with Gasteiger partial charge in [0.25, 0.3) is 0 Å². The van der Waals surface area contributed by atoms with Crippen LogP contribution in [0.5, 0.6) is 0 Å². The smallest absolute Gasteiger partial charge is 0.309 e. The Hall–Kier alpha value is -1.66. The lowest BCUT2D eigenvalue weighted by Crippen LogP contribution is -2.41. The standard InChI is InChI=1S/C15H19NO4S/c1-20-15(17)14-8-5-10-16(12-14)21(18,19)11-9-13-6-3-2-4-7-13/h2-4,6-7,9,11,14H,5,8,10,12H2,1H3/b11-9+. The van der Waals surface area contributed by atoms with E-state index in [4.69, 9.17) is 4.74 Å². The molecule has 6 heteroatoms. The fourth-order valence-electron chi connectivity index (χ4n) is 2.35. The second-order valence-electron chi connectivity index (χ2n) is 4.98. The average Bonchev–Trinajstić information content (AvgIpc) is 2.53. The maximum absolute atomic E-state index is 12.3. The van der Waals surface area contributed by atoms with Crippen molar-refractivity contribution in [3.8, 4) is 0 Å². The van der Waals surface area contributed by atoms with Crippen LogP contribution in [-0.4, -0.2) is 38.9 Å². The fraction of sp³-hybridized carbons (Fsp3) is 0.400. The van der Waals surface area contributed by atoms with Gasteiger partial charge in [-0.15, -0.1) is 0 Å². The first-order valence-electron chi connectivity index (χ1n) is 6.84. The van der Waals surface area contributed by atoms with Crippen molar-refractivity contribution in [1.82, 2.24) is 4.31 Å². The van der Waals surface area contributed by atoms with Crippen molar-refractivity contribution in [2.24, 2.45) is 5.92 Å². The number of hydrogen-bond acceptors (Lipinski definition) is 4. The number of nitrogens with zero attached hydrogens (tertiary/aromatic N) is 1. The Labute approximate surface area is 125 Å². The average molecular weight is 309 g/mol. The summed E-state index contributed by atoms with van der Waals surface area (Å²) in [7, 11) is -2.19. The molecule has 0 N–H and O–H groups in total. The number of carbonyl (C=O) groups is 1. The monoisotopic (exact) mass is 309 g/mol. The van der Waals surface area contributed by atoms with Crippen molar-refractivity contribution in [3.05, 3.63) is 41.3 Å². The zero-order valence-electron chi connectivity index (χ0n) is 11.9. The number of piperidine rings is 1. The quantitative estimate of drug-likeness (QED) is 0.797. The Bertz CT molecular complexity index is 610. The molecule has 1 heterocycles. The van der Waals surface area contributed by atoms with Gasteiger partial charge in [-0.1, -0.05) is 30.3 Å². The lowest BCUT2D eigenvalue weighted by atomic mass is 10.0. The topological polar surface area (TPSA) is 63.7 Å². The molecule has 5 nitrogen and oxygen atoms in total. The maximum atomic E-state index is 12.3. The first kappa shape index (κ1) is 15.7. The van der Waals surface area contributed by atoms with Gasteiger partial charge >= 0.3 is 5.97 Å². The van der Waals surface area contributed by atoms with Crippen molar-refractivity contribution in [2.75, 3.05) is 20.2 Å². The van der Waals surface area contributed by atoms with E-state index < -0.39 is 10.0 Å². The highest BCUT2D eigenvalue weighted by Crippen LogP contribution is 2.21. The molecule has 1 fully saturated rings. The van der Waals surface area contributed by atoms with Gasteiger partial charge in [-0.2, -0.15) is 4.31 Å². The molecule has 0 bridgehead atoms. The van der Waals surface area contributed by atoms with E-state index >= 15 is 0 Å². The summed E-state index contributed by atoms with van der Waals surface area (Å²) in [6.45, 7) is 0.628. The van der Waals surface area contributed by atoms with Crippen LogP contribution < -0.4 is 0 Å². The lowest BCUT2D eigenvalue weighted by Gasteiger charge is -2.29. The predicted molar refractivity (Wildman–Crippen MR) is 80.7 cm³/mol. The van der Waals surface area contributed by atoms with Gasteiger partial charge in [-0.3, -0.25) is 4.79 Å². The van der Waals surface area contributed by atoms with Crippen LogP contribution in [0.1, 0.15) is 18.4 Å². The van der Waals surface area contributed by atoms with Gasteiger partial charge in [0, 0.05) is 18.5 Å². The number of hydrogen-bond donors (Lipinski definition) is 0. The third-order valence-corrected chi connectivity index (χ3v) is 5.04. The molecular weight excluding hydrogens is 290 g/mol. The minimum absolute atomic E-state index is 0.189. The molecule has 21 heavy (non-hydrogen) atoms. The second-order valence-corrected chi connectivity index (χ2v) is 6.80. The lowest BCUT2D eigenvalue weighted by molar-refractivity contribution is -0.146. The largest absolute Gasteiger partial charge is 0.469 e. The van der Waals surface area contributed by atoms with Crippen LogP contribution in [0.2, 0.25) is 0 Å². The van der Waals surface area contributed by atoms with E-state index in [9.17, 15) is 13.2 Å². The van der Waals surface area contributed by atoms with Gasteiger partial charge in [0.05, 0.1) is 13.0 Å². The number of benzene rings is 1. The van der Waals surface area contributed by atoms with Crippen LogP contribution in [0, 0.1) is 5.92 Å². The van der Waals surface area contributed by atoms with Gasteiger partial charge in [-0.05, 0) is 24.5 Å². The Morgan fingerprint density at radius 2 is 2.05 bits per heavy atom. The molecule has 1 aliphatic heterocycles. The van der Waals surface area contributed by atoms with Crippen LogP contribution in [0.4, 0.5) is 0 Å². The van der Waals surface area contributed by atoms with E-state index in [1.807, 2.05) is 30.3 Å². The summed E-state index contributed by atoms with van der Waals surface area (Å²) in [5, 5.41) is 1.20. The van der Waals surface area contributed by atoms with Crippen molar-refractivity contribution in [1.29, 1.82) is 0 Å². The summed E-state index contributed by atoms with van der Waals surface area (Å²) < 4.78 is 30.7. The van der Waals surface area contributed by atoms with Crippen LogP contribution in [0.25, 0.3) is 6.08 Å². The van der Waals surface area contributed by atoms with Crippen LogP contribution in [0.3, 0.4) is 0 Å². The highest BCUT2D eigenvalue weighted by atomic mass is 32.2. The van der Waals surface area contributed by atoms with Gasteiger partial charge in [-0.25, -0.2) is 8.42 Å². The molecule has 0 aromatic heterocycles. The van der Waals surface area contributed by atoms with E-state index in [2.05, 4.69) is 0 Å². The summed E-state index contributed by atoms with van der Waals surface area (Å²) in [5.41, 5.74) is 0.822. The Balaban J connectivity index is 2.08. The number of carbonyl (C=O) groups excluding carboxylic acids is 1. The van der Waals surface area contributed by atoms with Crippen molar-refractivity contribution in [3.63, 3.8) is 0 Å². The summed E-state index contributed by atoms with van der Waals surface area (Å²) in [4.78, 5) is 11.6. The van der Waals surface area contributed by atoms with Crippen LogP contribution in [-0.2, 0) is 19.6 Å². The first-order valence-corrected chi connectivity index (χ1v) is 8.34. The molecular formula is C15H19NO4S. The first-order chi connectivity index (χ1) is 10.0. The Morgan fingerprint density at radius 1 is 1.33 bits per heavy atom.